The fourth-order valence-corrected chi connectivity index (χ4v) is 3.78. The number of thiazole rings is 2. The second kappa shape index (κ2) is 6.41. The maximum Gasteiger partial charge on any atom is 0.276 e. The summed E-state index contributed by atoms with van der Waals surface area (Å²) in [6.07, 6.45) is 0. The molecule has 0 aliphatic carbocycles. The highest BCUT2D eigenvalue weighted by Crippen LogP contribution is 2.32. The van der Waals surface area contributed by atoms with Gasteiger partial charge in [0.05, 0.1) is 10.7 Å². The first-order valence-electron chi connectivity index (χ1n) is 7.23. The van der Waals surface area contributed by atoms with Gasteiger partial charge in [-0.3, -0.25) is 9.59 Å². The highest BCUT2D eigenvalue weighted by atomic mass is 32.1. The molecule has 132 valence electrons. The van der Waals surface area contributed by atoms with Crippen LogP contribution in [0.2, 0.25) is 0 Å². The van der Waals surface area contributed by atoms with Crippen LogP contribution in [0.25, 0.3) is 0 Å². The van der Waals surface area contributed by atoms with Crippen molar-refractivity contribution < 1.29 is 14.4 Å². The molecule has 3 rings (SSSR count). The van der Waals surface area contributed by atoms with Crippen LogP contribution in [-0.4, -0.2) is 40.6 Å². The van der Waals surface area contributed by atoms with E-state index in [1.165, 1.54) is 29.8 Å². The number of aryl methyl sites for hydroxylation is 1. The SMILES string of the molecule is CO/N=C(/C(=O)N[C@@H]1C(=O)N[C@]1(C)c1csc(C)n1)c1csc(N)n1. The number of hydrogen-bond acceptors (Lipinski definition) is 9. The van der Waals surface area contributed by atoms with Crippen LogP contribution in [0.3, 0.4) is 0 Å². The van der Waals surface area contributed by atoms with Gasteiger partial charge in [0.1, 0.15) is 24.4 Å². The van der Waals surface area contributed by atoms with Crippen LogP contribution in [0.1, 0.15) is 23.3 Å². The molecule has 1 aliphatic rings. The molecule has 2 aromatic heterocycles. The quantitative estimate of drug-likeness (QED) is 0.390. The number of aromatic nitrogens is 2. The third kappa shape index (κ3) is 3.07. The number of nitrogens with two attached hydrogens (primary N) is 1. The molecule has 25 heavy (non-hydrogen) atoms. The molecule has 3 heterocycles. The zero-order chi connectivity index (χ0) is 18.2. The van der Waals surface area contributed by atoms with Gasteiger partial charge < -0.3 is 21.2 Å². The van der Waals surface area contributed by atoms with Crippen LogP contribution in [0.4, 0.5) is 5.13 Å². The summed E-state index contributed by atoms with van der Waals surface area (Å²) in [5.74, 6) is -0.874. The highest BCUT2D eigenvalue weighted by molar-refractivity contribution is 7.13. The zero-order valence-electron chi connectivity index (χ0n) is 13.7. The summed E-state index contributed by atoms with van der Waals surface area (Å²) >= 11 is 2.65. The number of nitrogens with one attached hydrogen (secondary N) is 2. The van der Waals surface area contributed by atoms with Gasteiger partial charge in [-0.2, -0.15) is 0 Å². The summed E-state index contributed by atoms with van der Waals surface area (Å²) in [5.41, 5.74) is 5.76. The van der Waals surface area contributed by atoms with Gasteiger partial charge in [0, 0.05) is 10.8 Å². The first-order valence-corrected chi connectivity index (χ1v) is 8.99. The number of rotatable bonds is 5. The van der Waals surface area contributed by atoms with Crippen molar-refractivity contribution in [1.82, 2.24) is 20.6 Å². The van der Waals surface area contributed by atoms with E-state index in [1.807, 2.05) is 19.2 Å². The molecule has 1 aliphatic heterocycles. The fourth-order valence-electron chi connectivity index (χ4n) is 2.50. The molecule has 2 atom stereocenters. The number of oxime groups is 1. The van der Waals surface area contributed by atoms with Gasteiger partial charge in [-0.1, -0.05) is 5.16 Å². The average Bonchev–Trinajstić information content (AvgIpc) is 3.18. The second-order valence-electron chi connectivity index (χ2n) is 5.54. The number of amides is 2. The van der Waals surface area contributed by atoms with Crippen LogP contribution >= 0.6 is 22.7 Å². The number of nitrogens with zero attached hydrogens (tertiary/aromatic N) is 3. The number of carbonyl (C=O) groups excluding carboxylic acids is 2. The van der Waals surface area contributed by atoms with Crippen molar-refractivity contribution in [2.24, 2.45) is 5.16 Å². The Kier molecular flexibility index (Phi) is 4.43. The van der Waals surface area contributed by atoms with E-state index < -0.39 is 17.5 Å². The molecule has 9 nitrogen and oxygen atoms in total. The van der Waals surface area contributed by atoms with Crippen molar-refractivity contribution in [3.63, 3.8) is 0 Å². The van der Waals surface area contributed by atoms with Gasteiger partial charge >= 0.3 is 0 Å². The van der Waals surface area contributed by atoms with E-state index in [0.717, 1.165) is 5.01 Å². The Morgan fingerprint density at radius 1 is 1.44 bits per heavy atom. The Morgan fingerprint density at radius 3 is 2.72 bits per heavy atom. The van der Waals surface area contributed by atoms with Gasteiger partial charge in [-0.25, -0.2) is 9.97 Å². The van der Waals surface area contributed by atoms with E-state index >= 15 is 0 Å². The van der Waals surface area contributed by atoms with Gasteiger partial charge in [0.25, 0.3) is 5.91 Å². The second-order valence-corrected chi connectivity index (χ2v) is 7.50. The van der Waals surface area contributed by atoms with Crippen LogP contribution in [-0.2, 0) is 20.0 Å². The highest BCUT2D eigenvalue weighted by Gasteiger charge is 2.53. The van der Waals surface area contributed by atoms with Crippen molar-refractivity contribution in [2.45, 2.75) is 25.4 Å². The molecule has 4 N–H and O–H groups in total. The van der Waals surface area contributed by atoms with E-state index in [2.05, 4.69) is 25.8 Å². The first-order chi connectivity index (χ1) is 11.8. The van der Waals surface area contributed by atoms with Gasteiger partial charge in [0.2, 0.25) is 5.91 Å². The number of hydrogen-bond donors (Lipinski definition) is 3. The molecule has 0 bridgehead atoms. The third-order valence-electron chi connectivity index (χ3n) is 3.81. The number of carbonyl (C=O) groups is 2. The van der Waals surface area contributed by atoms with E-state index in [-0.39, 0.29) is 17.3 Å². The molecule has 0 radical (unpaired) electrons. The minimum Gasteiger partial charge on any atom is -0.398 e. The summed E-state index contributed by atoms with van der Waals surface area (Å²) in [6.45, 7) is 3.68. The Labute approximate surface area is 151 Å². The summed E-state index contributed by atoms with van der Waals surface area (Å²) in [6, 6.07) is -0.778. The predicted molar refractivity (Wildman–Crippen MR) is 94.3 cm³/mol. The lowest BCUT2D eigenvalue weighted by Crippen LogP contribution is -2.75. The maximum atomic E-state index is 12.6. The summed E-state index contributed by atoms with van der Waals surface area (Å²) < 4.78 is 0. The lowest BCUT2D eigenvalue weighted by Gasteiger charge is -2.45. The van der Waals surface area contributed by atoms with E-state index in [1.54, 1.807) is 5.38 Å². The molecule has 1 saturated heterocycles. The lowest BCUT2D eigenvalue weighted by molar-refractivity contribution is -0.140. The molecule has 11 heteroatoms. The Bertz CT molecular complexity index is 860. The molecule has 0 spiro atoms. The Morgan fingerprint density at radius 2 is 2.20 bits per heavy atom. The molecular formula is C14H16N6O3S2. The fraction of sp³-hybridized carbons (Fsp3) is 0.357. The summed E-state index contributed by atoms with van der Waals surface area (Å²) in [4.78, 5) is 37.8. The lowest BCUT2D eigenvalue weighted by atomic mass is 9.80. The molecule has 2 aromatic rings. The molecule has 1 fully saturated rings. The minimum absolute atomic E-state index is 0.0491. The van der Waals surface area contributed by atoms with Crippen molar-refractivity contribution in [3.05, 3.63) is 27.2 Å². The zero-order valence-corrected chi connectivity index (χ0v) is 15.3. The number of nitrogen functional groups attached to an aromatic ring is 1. The van der Waals surface area contributed by atoms with Gasteiger partial charge in [-0.15, -0.1) is 22.7 Å². The molecular weight excluding hydrogens is 364 g/mol. The molecule has 0 unspecified atom stereocenters. The van der Waals surface area contributed by atoms with E-state index in [4.69, 9.17) is 10.6 Å². The van der Waals surface area contributed by atoms with Crippen LogP contribution in [0, 0.1) is 6.92 Å². The van der Waals surface area contributed by atoms with Crippen LogP contribution in [0.5, 0.6) is 0 Å². The topological polar surface area (TPSA) is 132 Å². The third-order valence-corrected chi connectivity index (χ3v) is 5.26. The van der Waals surface area contributed by atoms with E-state index in [0.29, 0.717) is 10.8 Å². The van der Waals surface area contributed by atoms with Gasteiger partial charge in [-0.05, 0) is 13.8 Å². The Balaban J connectivity index is 1.83. The maximum absolute atomic E-state index is 12.6. The molecule has 0 aromatic carbocycles. The normalized spacial score (nSPS) is 22.9. The number of β-lactam (4-membered cyclic amide) rings is 1. The standard InChI is InChI=1S/C14H16N6O3S2/c1-6-16-8(5-24-6)14(2)10(12(22)19-14)18-11(21)9(20-23-3)7-4-25-13(15)17-7/h4-5,10H,1-3H3,(H2,15,17)(H,18,21)(H,19,22)/b20-9+/t10-,14-/m1/s1. The van der Waals surface area contributed by atoms with Crippen LogP contribution < -0.4 is 16.4 Å². The van der Waals surface area contributed by atoms with Crippen LogP contribution in [0.15, 0.2) is 15.9 Å². The van der Waals surface area contributed by atoms with Crippen molar-refractivity contribution in [1.29, 1.82) is 0 Å². The van der Waals surface area contributed by atoms with E-state index in [9.17, 15) is 9.59 Å². The van der Waals surface area contributed by atoms with Crippen molar-refractivity contribution >= 4 is 45.3 Å². The van der Waals surface area contributed by atoms with Crippen molar-refractivity contribution in [3.8, 4) is 0 Å². The van der Waals surface area contributed by atoms with Gasteiger partial charge in [0.15, 0.2) is 10.8 Å². The average molecular weight is 380 g/mol. The molecule has 0 saturated carbocycles. The Hall–Kier alpha value is -2.53. The number of anilines is 1. The monoisotopic (exact) mass is 380 g/mol. The predicted octanol–water partition coefficient (Wildman–Crippen LogP) is 0.371. The largest absolute Gasteiger partial charge is 0.398 e. The van der Waals surface area contributed by atoms with Crippen molar-refractivity contribution in [2.75, 3.05) is 12.8 Å². The smallest absolute Gasteiger partial charge is 0.276 e. The minimum atomic E-state index is -0.781. The summed E-state index contributed by atoms with van der Waals surface area (Å²) in [7, 11) is 1.32. The molecule has 2 amide bonds. The first kappa shape index (κ1) is 17.3. The summed E-state index contributed by atoms with van der Waals surface area (Å²) in [5, 5.41) is 13.8.